The number of carboxylic acid groups (broad SMARTS) is 1. The fourth-order valence-electron chi connectivity index (χ4n) is 2.17. The van der Waals surface area contributed by atoms with Crippen LogP contribution in [0.5, 0.6) is 0 Å². The largest absolute Gasteiger partial charge is 0.480 e. The zero-order valence-corrected chi connectivity index (χ0v) is 14.0. The Labute approximate surface area is 131 Å². The maximum atomic E-state index is 12.2. The molecule has 1 aliphatic rings. The average molecular weight is 317 g/mol. The van der Waals surface area contributed by atoms with Crippen LogP contribution in [0.15, 0.2) is 0 Å². The van der Waals surface area contributed by atoms with E-state index in [1.165, 1.54) is 11.8 Å². The number of rotatable bonds is 6. The van der Waals surface area contributed by atoms with Crippen molar-refractivity contribution in [2.24, 2.45) is 0 Å². The Balaban J connectivity index is 2.62. The highest BCUT2D eigenvalue weighted by molar-refractivity contribution is 5.79. The number of carboxylic acids is 1. The van der Waals surface area contributed by atoms with Crippen LogP contribution >= 0.6 is 0 Å². The van der Waals surface area contributed by atoms with Crippen molar-refractivity contribution in [3.05, 3.63) is 0 Å². The fraction of sp³-hybridized carbons (Fsp3) is 0.867. The van der Waals surface area contributed by atoms with Gasteiger partial charge in [0.25, 0.3) is 0 Å². The van der Waals surface area contributed by atoms with Crippen molar-refractivity contribution in [2.75, 3.05) is 19.8 Å². The second-order valence-electron chi connectivity index (χ2n) is 6.62. The van der Waals surface area contributed by atoms with E-state index in [9.17, 15) is 9.59 Å². The van der Waals surface area contributed by atoms with E-state index in [-0.39, 0.29) is 6.54 Å². The molecule has 7 nitrogen and oxygen atoms in total. The smallest absolute Gasteiger partial charge is 0.411 e. The molecule has 0 bridgehead atoms. The molecule has 0 aromatic carbocycles. The molecular formula is C15H27NO6. The average Bonchev–Trinajstić information content (AvgIpc) is 2.78. The van der Waals surface area contributed by atoms with E-state index in [2.05, 4.69) is 0 Å². The molecule has 0 aliphatic carbocycles. The van der Waals surface area contributed by atoms with E-state index in [0.29, 0.717) is 26.1 Å². The van der Waals surface area contributed by atoms with Gasteiger partial charge in [0, 0.05) is 13.0 Å². The third-order valence-corrected chi connectivity index (χ3v) is 3.38. The maximum Gasteiger partial charge on any atom is 0.411 e. The summed E-state index contributed by atoms with van der Waals surface area (Å²) in [4.78, 5) is 24.6. The zero-order chi connectivity index (χ0) is 17.0. The number of carbonyl (C=O) groups is 2. The van der Waals surface area contributed by atoms with Crippen molar-refractivity contribution in [3.8, 4) is 0 Å². The van der Waals surface area contributed by atoms with Gasteiger partial charge in [-0.2, -0.15) is 0 Å². The predicted molar refractivity (Wildman–Crippen MR) is 79.6 cm³/mol. The molecule has 0 aromatic heterocycles. The summed E-state index contributed by atoms with van der Waals surface area (Å²) in [7, 11) is 0. The normalized spacial score (nSPS) is 18.8. The van der Waals surface area contributed by atoms with Crippen LogP contribution in [0.4, 0.5) is 4.79 Å². The first-order chi connectivity index (χ1) is 10.0. The number of hydrogen-bond donors (Lipinski definition) is 1. The standard InChI is InChI=1S/C15H27NO6/c1-11(12(17)18)16(13(19)22-14(2,3)4)8-6-7-15(5)20-9-10-21-15/h11H,6-10H2,1-5H3,(H,17,18). The molecule has 1 saturated heterocycles. The second-order valence-corrected chi connectivity index (χ2v) is 6.62. The lowest BCUT2D eigenvalue weighted by Crippen LogP contribution is -2.46. The summed E-state index contributed by atoms with van der Waals surface area (Å²) < 4.78 is 16.3. The van der Waals surface area contributed by atoms with Gasteiger partial charge in [0.2, 0.25) is 0 Å². The van der Waals surface area contributed by atoms with Gasteiger partial charge < -0.3 is 19.3 Å². The van der Waals surface area contributed by atoms with Gasteiger partial charge in [-0.15, -0.1) is 0 Å². The predicted octanol–water partition coefficient (Wildman–Crippen LogP) is 2.24. The minimum absolute atomic E-state index is 0.269. The lowest BCUT2D eigenvalue weighted by atomic mass is 10.1. The third-order valence-electron chi connectivity index (χ3n) is 3.38. The first-order valence-corrected chi connectivity index (χ1v) is 7.54. The van der Waals surface area contributed by atoms with Crippen LogP contribution in [0.25, 0.3) is 0 Å². The van der Waals surface area contributed by atoms with Gasteiger partial charge in [-0.05, 0) is 41.0 Å². The van der Waals surface area contributed by atoms with Gasteiger partial charge in [0.15, 0.2) is 5.79 Å². The number of nitrogens with zero attached hydrogens (tertiary/aromatic N) is 1. The van der Waals surface area contributed by atoms with Crippen LogP contribution in [-0.4, -0.2) is 59.3 Å². The zero-order valence-electron chi connectivity index (χ0n) is 14.0. The van der Waals surface area contributed by atoms with E-state index < -0.39 is 29.5 Å². The van der Waals surface area contributed by atoms with E-state index in [1.807, 2.05) is 6.92 Å². The van der Waals surface area contributed by atoms with Crippen LogP contribution in [-0.2, 0) is 19.0 Å². The van der Waals surface area contributed by atoms with Crippen LogP contribution < -0.4 is 0 Å². The quantitative estimate of drug-likeness (QED) is 0.808. The Morgan fingerprint density at radius 1 is 1.32 bits per heavy atom. The minimum Gasteiger partial charge on any atom is -0.480 e. The first-order valence-electron chi connectivity index (χ1n) is 7.54. The van der Waals surface area contributed by atoms with Crippen molar-refractivity contribution >= 4 is 12.1 Å². The molecular weight excluding hydrogens is 290 g/mol. The Kier molecular flexibility index (Phi) is 6.19. The van der Waals surface area contributed by atoms with Gasteiger partial charge in [0.05, 0.1) is 13.2 Å². The van der Waals surface area contributed by atoms with Gasteiger partial charge in [-0.1, -0.05) is 0 Å². The van der Waals surface area contributed by atoms with Crippen LogP contribution in [0.3, 0.4) is 0 Å². The molecule has 1 amide bonds. The molecule has 0 spiro atoms. The highest BCUT2D eigenvalue weighted by Crippen LogP contribution is 2.24. The van der Waals surface area contributed by atoms with Crippen LogP contribution in [0.1, 0.15) is 47.5 Å². The summed E-state index contributed by atoms with van der Waals surface area (Å²) in [5.41, 5.74) is -0.669. The van der Waals surface area contributed by atoms with Gasteiger partial charge in [0.1, 0.15) is 11.6 Å². The fourth-order valence-corrected chi connectivity index (χ4v) is 2.17. The minimum atomic E-state index is -1.06. The highest BCUT2D eigenvalue weighted by Gasteiger charge is 2.33. The molecule has 0 radical (unpaired) electrons. The molecule has 1 unspecified atom stereocenters. The summed E-state index contributed by atoms with van der Waals surface area (Å²) in [6.07, 6.45) is 0.521. The highest BCUT2D eigenvalue weighted by atomic mass is 16.7. The Morgan fingerprint density at radius 2 is 1.86 bits per heavy atom. The molecule has 1 aliphatic heterocycles. The molecule has 7 heteroatoms. The summed E-state index contributed by atoms with van der Waals surface area (Å²) in [6, 6.07) is -0.951. The Morgan fingerprint density at radius 3 is 2.32 bits per heavy atom. The SMILES string of the molecule is CC(C(=O)O)N(CCCC1(C)OCCO1)C(=O)OC(C)(C)C. The van der Waals surface area contributed by atoms with Crippen molar-refractivity contribution in [1.82, 2.24) is 4.90 Å². The summed E-state index contributed by atoms with van der Waals surface area (Å²) in [5.74, 6) is -1.71. The van der Waals surface area contributed by atoms with Crippen LogP contribution in [0, 0.1) is 0 Å². The Bertz CT molecular complexity index is 397. The van der Waals surface area contributed by atoms with Crippen molar-refractivity contribution in [1.29, 1.82) is 0 Å². The van der Waals surface area contributed by atoms with Gasteiger partial charge in [-0.3, -0.25) is 4.90 Å². The molecule has 1 rings (SSSR count). The lowest BCUT2D eigenvalue weighted by molar-refractivity contribution is -0.149. The van der Waals surface area contributed by atoms with Crippen molar-refractivity contribution < 1.29 is 28.9 Å². The number of carbonyl (C=O) groups excluding carboxylic acids is 1. The second kappa shape index (κ2) is 7.28. The number of amides is 1. The van der Waals surface area contributed by atoms with Crippen molar-refractivity contribution in [3.63, 3.8) is 0 Å². The van der Waals surface area contributed by atoms with E-state index >= 15 is 0 Å². The molecule has 1 N–H and O–H groups in total. The van der Waals surface area contributed by atoms with Gasteiger partial charge >= 0.3 is 12.1 Å². The Hall–Kier alpha value is -1.34. The molecule has 128 valence electrons. The molecule has 1 atom stereocenters. The van der Waals surface area contributed by atoms with E-state index in [4.69, 9.17) is 19.3 Å². The van der Waals surface area contributed by atoms with E-state index in [1.54, 1.807) is 20.8 Å². The lowest BCUT2D eigenvalue weighted by Gasteiger charge is -2.31. The van der Waals surface area contributed by atoms with Crippen molar-refractivity contribution in [2.45, 2.75) is 64.9 Å². The van der Waals surface area contributed by atoms with Gasteiger partial charge in [-0.25, -0.2) is 9.59 Å². The summed E-state index contributed by atoms with van der Waals surface area (Å²) in [5, 5.41) is 9.16. The third kappa shape index (κ3) is 5.81. The first kappa shape index (κ1) is 18.7. The monoisotopic (exact) mass is 317 g/mol. The molecule has 0 saturated carbocycles. The molecule has 1 heterocycles. The maximum absolute atomic E-state index is 12.2. The number of ether oxygens (including phenoxy) is 3. The summed E-state index contributed by atoms with van der Waals surface area (Å²) >= 11 is 0. The topological polar surface area (TPSA) is 85.3 Å². The molecule has 1 fully saturated rings. The van der Waals surface area contributed by atoms with E-state index in [0.717, 1.165) is 0 Å². The number of hydrogen-bond acceptors (Lipinski definition) is 5. The molecule has 22 heavy (non-hydrogen) atoms. The summed E-state index contributed by atoms with van der Waals surface area (Å²) in [6.45, 7) is 9.93. The van der Waals surface area contributed by atoms with Crippen LogP contribution in [0.2, 0.25) is 0 Å². The number of aliphatic carboxylic acids is 1. The molecule has 0 aromatic rings.